The minimum atomic E-state index is -1.53. The number of anilines is 1. The molecule has 3 aromatic carbocycles. The molecule has 0 fully saturated rings. The third-order valence-corrected chi connectivity index (χ3v) is 3.79. The van der Waals surface area contributed by atoms with Gasteiger partial charge in [0.05, 0.1) is 0 Å². The van der Waals surface area contributed by atoms with Crippen LogP contribution in [-0.4, -0.2) is 17.0 Å². The molecule has 138 valence electrons. The van der Waals surface area contributed by atoms with Crippen molar-refractivity contribution in [2.24, 2.45) is 0 Å². The number of hydrogen-bond acceptors (Lipinski definition) is 3. The molecule has 2 N–H and O–H groups in total. The maximum Gasteiger partial charge on any atom is 0.394 e. The van der Waals surface area contributed by atoms with E-state index in [2.05, 4.69) is 17.2 Å². The summed E-state index contributed by atoms with van der Waals surface area (Å²) in [5.74, 6) is 4.24. The van der Waals surface area contributed by atoms with E-state index in [1.54, 1.807) is 24.3 Å². The van der Waals surface area contributed by atoms with Crippen LogP contribution >= 0.6 is 0 Å². The molecule has 5 heteroatoms. The Morgan fingerprint density at radius 3 is 1.96 bits per heavy atom. The minimum Gasteiger partial charge on any atom is -0.489 e. The second-order valence-electron chi connectivity index (χ2n) is 5.89. The molecular formula is C23H17NO4. The summed E-state index contributed by atoms with van der Waals surface area (Å²) in [6, 6.07) is 24.1. The molecule has 28 heavy (non-hydrogen) atoms. The number of ether oxygens (including phenoxy) is 1. The first-order valence-electron chi connectivity index (χ1n) is 8.53. The fourth-order valence-electron chi connectivity index (χ4n) is 2.34. The lowest BCUT2D eigenvalue weighted by Crippen LogP contribution is -2.21. The van der Waals surface area contributed by atoms with Crippen LogP contribution in [0.4, 0.5) is 5.69 Å². The van der Waals surface area contributed by atoms with Crippen LogP contribution in [0.5, 0.6) is 5.75 Å². The summed E-state index contributed by atoms with van der Waals surface area (Å²) in [5, 5.41) is 10.8. The lowest BCUT2D eigenvalue weighted by atomic mass is 10.1. The molecule has 5 nitrogen and oxygen atoms in total. The van der Waals surface area contributed by atoms with Crippen molar-refractivity contribution in [3.63, 3.8) is 0 Å². The van der Waals surface area contributed by atoms with Crippen LogP contribution in [0.2, 0.25) is 0 Å². The molecule has 3 rings (SSSR count). The highest BCUT2D eigenvalue weighted by atomic mass is 16.5. The average molecular weight is 371 g/mol. The van der Waals surface area contributed by atoms with Crippen molar-refractivity contribution < 1.29 is 19.4 Å². The van der Waals surface area contributed by atoms with Gasteiger partial charge in [-0.15, -0.1) is 0 Å². The van der Waals surface area contributed by atoms with Crippen molar-refractivity contribution in [3.05, 3.63) is 95.6 Å². The Labute approximate surface area is 162 Å². The van der Waals surface area contributed by atoms with E-state index < -0.39 is 11.9 Å². The van der Waals surface area contributed by atoms with Gasteiger partial charge in [0.15, 0.2) is 0 Å². The predicted octanol–water partition coefficient (Wildman–Crippen LogP) is 3.69. The largest absolute Gasteiger partial charge is 0.489 e. The molecule has 0 aliphatic carbocycles. The highest BCUT2D eigenvalue weighted by Gasteiger charge is 2.10. The number of benzene rings is 3. The van der Waals surface area contributed by atoms with Gasteiger partial charge in [-0.1, -0.05) is 42.2 Å². The minimum absolute atomic E-state index is 0.401. The van der Waals surface area contributed by atoms with Crippen molar-refractivity contribution >= 4 is 17.6 Å². The molecule has 0 heterocycles. The summed E-state index contributed by atoms with van der Waals surface area (Å²) >= 11 is 0. The van der Waals surface area contributed by atoms with Gasteiger partial charge in [-0.25, -0.2) is 4.79 Å². The molecule has 0 aliphatic rings. The first kappa shape index (κ1) is 18.7. The Balaban J connectivity index is 1.58. The zero-order valence-electron chi connectivity index (χ0n) is 14.9. The molecule has 0 bridgehead atoms. The number of nitrogens with one attached hydrogen (secondary N) is 1. The molecule has 0 spiro atoms. The van der Waals surface area contributed by atoms with Crippen molar-refractivity contribution in [3.8, 4) is 17.6 Å². The molecule has 0 unspecified atom stereocenters. The molecule has 0 aliphatic heterocycles. The summed E-state index contributed by atoms with van der Waals surface area (Å²) in [6.45, 7) is 0.511. The van der Waals surface area contributed by atoms with Gasteiger partial charge in [-0.3, -0.25) is 4.79 Å². The number of carboxylic acids is 1. The number of carbonyl (C=O) groups excluding carboxylic acids is 1. The predicted molar refractivity (Wildman–Crippen MR) is 106 cm³/mol. The fourth-order valence-corrected chi connectivity index (χ4v) is 2.34. The molecule has 0 saturated heterocycles. The van der Waals surface area contributed by atoms with Gasteiger partial charge in [0.2, 0.25) is 0 Å². The van der Waals surface area contributed by atoms with Crippen LogP contribution in [0, 0.1) is 11.8 Å². The molecule has 0 radical (unpaired) electrons. The van der Waals surface area contributed by atoms with Gasteiger partial charge in [-0.2, -0.15) is 0 Å². The van der Waals surface area contributed by atoms with Crippen molar-refractivity contribution in [2.45, 2.75) is 6.61 Å². The van der Waals surface area contributed by atoms with E-state index in [0.717, 1.165) is 22.4 Å². The van der Waals surface area contributed by atoms with Gasteiger partial charge >= 0.3 is 11.9 Å². The molecular weight excluding hydrogens is 354 g/mol. The average Bonchev–Trinajstić information content (AvgIpc) is 2.73. The Kier molecular flexibility index (Phi) is 6.06. The Bertz CT molecular complexity index is 1010. The lowest BCUT2D eigenvalue weighted by Gasteiger charge is -2.06. The SMILES string of the molecule is O=C(O)C(=O)Nc1ccc(C#Cc2ccc(OCc3ccccc3)cc2)cc1. The second-order valence-corrected chi connectivity index (χ2v) is 5.89. The Morgan fingerprint density at radius 1 is 0.821 bits per heavy atom. The number of carboxylic acid groups (broad SMARTS) is 1. The summed E-state index contributed by atoms with van der Waals surface area (Å²) in [7, 11) is 0. The van der Waals surface area contributed by atoms with Crippen LogP contribution in [0.15, 0.2) is 78.9 Å². The number of rotatable bonds is 4. The van der Waals surface area contributed by atoms with E-state index in [4.69, 9.17) is 9.84 Å². The maximum absolute atomic E-state index is 11.1. The van der Waals surface area contributed by atoms with Crippen LogP contribution in [0.25, 0.3) is 0 Å². The number of hydrogen-bond donors (Lipinski definition) is 2. The molecule has 3 aromatic rings. The fraction of sp³-hybridized carbons (Fsp3) is 0.0435. The van der Waals surface area contributed by atoms with E-state index >= 15 is 0 Å². The topological polar surface area (TPSA) is 75.6 Å². The number of aliphatic carboxylic acids is 1. The van der Waals surface area contributed by atoms with Crippen molar-refractivity contribution in [1.29, 1.82) is 0 Å². The van der Waals surface area contributed by atoms with E-state index in [9.17, 15) is 9.59 Å². The highest BCUT2D eigenvalue weighted by molar-refractivity contribution is 6.36. The first-order valence-corrected chi connectivity index (χ1v) is 8.53. The summed E-state index contributed by atoms with van der Waals surface area (Å²) in [6.07, 6.45) is 0. The molecule has 1 amide bonds. The van der Waals surface area contributed by atoms with Gasteiger partial charge in [0.1, 0.15) is 12.4 Å². The monoisotopic (exact) mass is 371 g/mol. The summed E-state index contributed by atoms with van der Waals surface area (Å²) in [4.78, 5) is 21.6. The van der Waals surface area contributed by atoms with E-state index in [1.807, 2.05) is 54.6 Å². The zero-order valence-corrected chi connectivity index (χ0v) is 14.9. The third-order valence-electron chi connectivity index (χ3n) is 3.79. The third kappa shape index (κ3) is 5.48. The Morgan fingerprint density at radius 2 is 1.39 bits per heavy atom. The quantitative estimate of drug-likeness (QED) is 0.542. The summed E-state index contributed by atoms with van der Waals surface area (Å²) in [5.41, 5.74) is 3.10. The molecule has 0 aromatic heterocycles. The van der Waals surface area contributed by atoms with E-state index in [-0.39, 0.29) is 0 Å². The van der Waals surface area contributed by atoms with Crippen molar-refractivity contribution in [2.75, 3.05) is 5.32 Å². The van der Waals surface area contributed by atoms with Gasteiger partial charge in [0.25, 0.3) is 0 Å². The smallest absolute Gasteiger partial charge is 0.394 e. The lowest BCUT2D eigenvalue weighted by molar-refractivity contribution is -0.147. The molecule has 0 atom stereocenters. The maximum atomic E-state index is 11.1. The second kappa shape index (κ2) is 9.06. The standard InChI is InChI=1S/C23H17NO4/c25-22(23(26)27)24-20-12-8-17(9-13-20)6-7-18-10-14-21(15-11-18)28-16-19-4-2-1-3-5-19/h1-5,8-15H,16H2,(H,24,25)(H,26,27). The van der Waals surface area contributed by atoms with E-state index in [0.29, 0.717) is 12.3 Å². The van der Waals surface area contributed by atoms with Crippen molar-refractivity contribution in [1.82, 2.24) is 0 Å². The highest BCUT2D eigenvalue weighted by Crippen LogP contribution is 2.14. The van der Waals surface area contributed by atoms with Crippen LogP contribution in [0.1, 0.15) is 16.7 Å². The van der Waals surface area contributed by atoms with Crippen LogP contribution in [0.3, 0.4) is 0 Å². The first-order chi connectivity index (χ1) is 13.6. The van der Waals surface area contributed by atoms with Crippen LogP contribution < -0.4 is 10.1 Å². The van der Waals surface area contributed by atoms with Gasteiger partial charge < -0.3 is 15.2 Å². The Hall–Kier alpha value is -4.04. The van der Waals surface area contributed by atoms with E-state index in [1.165, 1.54) is 0 Å². The van der Waals surface area contributed by atoms with Gasteiger partial charge in [-0.05, 0) is 54.1 Å². The normalized spacial score (nSPS) is 9.71. The zero-order chi connectivity index (χ0) is 19.8. The summed E-state index contributed by atoms with van der Waals surface area (Å²) < 4.78 is 5.75. The molecule has 0 saturated carbocycles. The van der Waals surface area contributed by atoms with Crippen LogP contribution in [-0.2, 0) is 16.2 Å². The van der Waals surface area contributed by atoms with Gasteiger partial charge in [0, 0.05) is 16.8 Å². The number of carbonyl (C=O) groups is 2. The number of amides is 1.